The molecule has 1 amide bonds. The Morgan fingerprint density at radius 2 is 2.09 bits per heavy atom. The van der Waals surface area contributed by atoms with Crippen molar-refractivity contribution in [2.24, 2.45) is 5.92 Å². The Kier molecular flexibility index (Phi) is 2.12. The Labute approximate surface area is 64.8 Å². The van der Waals surface area contributed by atoms with Crippen LogP contribution in [0.2, 0.25) is 0 Å². The molecule has 1 aliphatic rings. The van der Waals surface area contributed by atoms with E-state index in [2.05, 4.69) is 0 Å². The Balaban J connectivity index is 2.29. The van der Waals surface area contributed by atoms with E-state index in [4.69, 9.17) is 5.11 Å². The molecule has 4 heteroatoms. The molecule has 1 N–H and O–H groups in total. The van der Waals surface area contributed by atoms with Crippen LogP contribution in [-0.4, -0.2) is 35.0 Å². The lowest BCUT2D eigenvalue weighted by Crippen LogP contribution is -2.52. The zero-order chi connectivity index (χ0) is 8.43. The van der Waals surface area contributed by atoms with Gasteiger partial charge in [-0.1, -0.05) is 6.92 Å². The number of carboxylic acids is 1. The number of carbonyl (C=O) groups excluding carboxylic acids is 1. The average Bonchev–Trinajstić information content (AvgIpc) is 1.83. The molecular weight excluding hydrogens is 146 g/mol. The van der Waals surface area contributed by atoms with Crippen molar-refractivity contribution in [1.82, 2.24) is 4.90 Å². The lowest BCUT2D eigenvalue weighted by atomic mass is 10.0. The summed E-state index contributed by atoms with van der Waals surface area (Å²) in [4.78, 5) is 22.8. The maximum Gasteiger partial charge on any atom is 0.310 e. The largest absolute Gasteiger partial charge is 0.481 e. The maximum atomic E-state index is 10.9. The van der Waals surface area contributed by atoms with Gasteiger partial charge in [0.15, 0.2) is 0 Å². The number of hydrogen-bond donors (Lipinski definition) is 1. The summed E-state index contributed by atoms with van der Waals surface area (Å²) in [6, 6.07) is 0. The van der Waals surface area contributed by atoms with Crippen LogP contribution in [0.25, 0.3) is 0 Å². The highest BCUT2D eigenvalue weighted by molar-refractivity contribution is 5.80. The lowest BCUT2D eigenvalue weighted by Gasteiger charge is -2.36. The topological polar surface area (TPSA) is 57.6 Å². The number of hydrogen-bond acceptors (Lipinski definition) is 2. The van der Waals surface area contributed by atoms with E-state index in [9.17, 15) is 9.59 Å². The van der Waals surface area contributed by atoms with E-state index in [1.165, 1.54) is 0 Å². The van der Waals surface area contributed by atoms with Crippen LogP contribution in [0.15, 0.2) is 0 Å². The van der Waals surface area contributed by atoms with E-state index in [1.54, 1.807) is 11.8 Å². The Morgan fingerprint density at radius 3 is 2.45 bits per heavy atom. The van der Waals surface area contributed by atoms with Gasteiger partial charge in [-0.15, -0.1) is 0 Å². The van der Waals surface area contributed by atoms with Gasteiger partial charge in [-0.25, -0.2) is 0 Å². The van der Waals surface area contributed by atoms with Gasteiger partial charge < -0.3 is 10.0 Å². The number of aliphatic carboxylic acids is 1. The van der Waals surface area contributed by atoms with Crippen LogP contribution in [0.3, 0.4) is 0 Å². The SMILES string of the molecule is CCC(=O)N1CC(C(=O)O)C1. The predicted octanol–water partition coefficient (Wildman–Crippen LogP) is -0.0606. The zero-order valence-electron chi connectivity index (χ0n) is 6.41. The first-order valence-electron chi connectivity index (χ1n) is 3.65. The van der Waals surface area contributed by atoms with Gasteiger partial charge in [0.05, 0.1) is 5.92 Å². The summed E-state index contributed by atoms with van der Waals surface area (Å²) < 4.78 is 0. The van der Waals surface area contributed by atoms with Crippen LogP contribution < -0.4 is 0 Å². The van der Waals surface area contributed by atoms with Crippen LogP contribution in [0.1, 0.15) is 13.3 Å². The zero-order valence-corrected chi connectivity index (χ0v) is 6.41. The van der Waals surface area contributed by atoms with Gasteiger partial charge in [-0.2, -0.15) is 0 Å². The van der Waals surface area contributed by atoms with Crippen LogP contribution in [-0.2, 0) is 9.59 Å². The van der Waals surface area contributed by atoms with E-state index in [1.807, 2.05) is 0 Å². The van der Waals surface area contributed by atoms with Crippen molar-refractivity contribution in [2.75, 3.05) is 13.1 Å². The van der Waals surface area contributed by atoms with E-state index in [0.29, 0.717) is 19.5 Å². The van der Waals surface area contributed by atoms with Crippen LogP contribution in [0.4, 0.5) is 0 Å². The number of carboxylic acid groups (broad SMARTS) is 1. The standard InChI is InChI=1S/C7H11NO3/c1-2-6(9)8-3-5(4-8)7(10)11/h5H,2-4H2,1H3,(H,10,11). The molecule has 11 heavy (non-hydrogen) atoms. The molecule has 1 saturated heterocycles. The third-order valence-corrected chi connectivity index (χ3v) is 1.89. The van der Waals surface area contributed by atoms with Crippen molar-refractivity contribution in [1.29, 1.82) is 0 Å². The third kappa shape index (κ3) is 1.50. The molecule has 0 aromatic carbocycles. The van der Waals surface area contributed by atoms with E-state index < -0.39 is 5.97 Å². The van der Waals surface area contributed by atoms with Gasteiger partial charge in [0.2, 0.25) is 5.91 Å². The van der Waals surface area contributed by atoms with Gasteiger partial charge in [0.1, 0.15) is 0 Å². The molecule has 1 fully saturated rings. The molecule has 0 saturated carbocycles. The van der Waals surface area contributed by atoms with E-state index >= 15 is 0 Å². The molecule has 4 nitrogen and oxygen atoms in total. The molecular formula is C7H11NO3. The summed E-state index contributed by atoms with van der Waals surface area (Å²) in [5, 5.41) is 8.47. The minimum atomic E-state index is -0.801. The van der Waals surface area contributed by atoms with Crippen molar-refractivity contribution in [3.8, 4) is 0 Å². The number of nitrogens with zero attached hydrogens (tertiary/aromatic N) is 1. The van der Waals surface area contributed by atoms with Crippen molar-refractivity contribution >= 4 is 11.9 Å². The first kappa shape index (κ1) is 8.04. The molecule has 0 bridgehead atoms. The van der Waals surface area contributed by atoms with Crippen LogP contribution in [0.5, 0.6) is 0 Å². The van der Waals surface area contributed by atoms with E-state index in [-0.39, 0.29) is 11.8 Å². The average molecular weight is 157 g/mol. The Morgan fingerprint density at radius 1 is 1.55 bits per heavy atom. The number of likely N-dealkylation sites (tertiary alicyclic amines) is 1. The van der Waals surface area contributed by atoms with Crippen LogP contribution in [0, 0.1) is 5.92 Å². The van der Waals surface area contributed by atoms with Crippen molar-refractivity contribution in [3.05, 3.63) is 0 Å². The number of carbonyl (C=O) groups is 2. The van der Waals surface area contributed by atoms with Gasteiger partial charge >= 0.3 is 5.97 Å². The summed E-state index contributed by atoms with van der Waals surface area (Å²) in [5.74, 6) is -1.09. The fourth-order valence-corrected chi connectivity index (χ4v) is 1.06. The summed E-state index contributed by atoms with van der Waals surface area (Å²) >= 11 is 0. The highest BCUT2D eigenvalue weighted by Crippen LogP contribution is 2.15. The van der Waals surface area contributed by atoms with Gasteiger partial charge in [0.25, 0.3) is 0 Å². The second-order valence-corrected chi connectivity index (χ2v) is 2.69. The normalized spacial score (nSPS) is 17.7. The highest BCUT2D eigenvalue weighted by Gasteiger charge is 2.34. The first-order valence-corrected chi connectivity index (χ1v) is 3.65. The molecule has 0 aliphatic carbocycles. The second-order valence-electron chi connectivity index (χ2n) is 2.69. The quantitative estimate of drug-likeness (QED) is 0.610. The van der Waals surface area contributed by atoms with Gasteiger partial charge in [0, 0.05) is 19.5 Å². The van der Waals surface area contributed by atoms with Crippen LogP contribution >= 0.6 is 0 Å². The molecule has 1 aliphatic heterocycles. The fourth-order valence-electron chi connectivity index (χ4n) is 1.06. The minimum Gasteiger partial charge on any atom is -0.481 e. The maximum absolute atomic E-state index is 10.9. The molecule has 0 unspecified atom stereocenters. The monoisotopic (exact) mass is 157 g/mol. The summed E-state index contributed by atoms with van der Waals surface area (Å²) in [6.07, 6.45) is 0.465. The Hall–Kier alpha value is -1.06. The van der Waals surface area contributed by atoms with E-state index in [0.717, 1.165) is 0 Å². The minimum absolute atomic E-state index is 0.0440. The molecule has 1 rings (SSSR count). The number of rotatable bonds is 2. The fraction of sp³-hybridized carbons (Fsp3) is 0.714. The second kappa shape index (κ2) is 2.90. The molecule has 0 aromatic heterocycles. The molecule has 0 aromatic rings. The summed E-state index contributed by atoms with van der Waals surface area (Å²) in [7, 11) is 0. The van der Waals surface area contributed by atoms with Gasteiger partial charge in [-0.3, -0.25) is 9.59 Å². The smallest absolute Gasteiger partial charge is 0.310 e. The van der Waals surface area contributed by atoms with Crippen molar-refractivity contribution in [2.45, 2.75) is 13.3 Å². The first-order chi connectivity index (χ1) is 5.15. The van der Waals surface area contributed by atoms with Crippen molar-refractivity contribution < 1.29 is 14.7 Å². The molecule has 0 spiro atoms. The highest BCUT2D eigenvalue weighted by atomic mass is 16.4. The lowest BCUT2D eigenvalue weighted by molar-refractivity contribution is -0.152. The number of amides is 1. The summed E-state index contributed by atoms with van der Waals surface area (Å²) in [5.41, 5.74) is 0. The third-order valence-electron chi connectivity index (χ3n) is 1.89. The van der Waals surface area contributed by atoms with Gasteiger partial charge in [-0.05, 0) is 0 Å². The molecule has 62 valence electrons. The Bertz CT molecular complexity index is 184. The summed E-state index contributed by atoms with van der Waals surface area (Å²) in [6.45, 7) is 2.56. The molecule has 0 radical (unpaired) electrons. The van der Waals surface area contributed by atoms with Crippen molar-refractivity contribution in [3.63, 3.8) is 0 Å². The molecule has 1 heterocycles. The predicted molar refractivity (Wildman–Crippen MR) is 38.0 cm³/mol. The molecule has 0 atom stereocenters.